The zero-order valence-corrected chi connectivity index (χ0v) is 36.4. The maximum absolute atomic E-state index is 5.45. The first-order chi connectivity index (χ1) is 33.2. The van der Waals surface area contributed by atoms with Crippen molar-refractivity contribution in [1.29, 1.82) is 0 Å². The van der Waals surface area contributed by atoms with E-state index in [0.717, 1.165) is 55.9 Å². The van der Waals surface area contributed by atoms with Crippen molar-refractivity contribution in [3.63, 3.8) is 0 Å². The summed E-state index contributed by atoms with van der Waals surface area (Å²) in [5.74, 6) is 2.53. The monoisotopic (exact) mass is 855 g/mol. The van der Waals surface area contributed by atoms with E-state index in [9.17, 15) is 0 Å². The summed E-state index contributed by atoms with van der Waals surface area (Å²) >= 11 is 0. The molecular formula is C62H41N5. The Balaban J connectivity index is 1.01. The molecule has 2 heterocycles. The molecule has 12 rings (SSSR count). The fourth-order valence-corrected chi connectivity index (χ4v) is 9.80. The second-order valence-corrected chi connectivity index (χ2v) is 16.8. The zero-order valence-electron chi connectivity index (χ0n) is 36.4. The molecule has 2 aromatic heterocycles. The molecule has 0 bridgehead atoms. The SMILES string of the molecule is c1ccc(-c2nc(-c3cccc(-c4cccc(-c5nc(-c6ccccc6)nc(-c6ccccc6)n5)c4)c3)cc(-c3cccc4c3C(c3ccccc3)(c3ccccc3)c3ccccc3-4)n2)cc1. The summed E-state index contributed by atoms with van der Waals surface area (Å²) in [6.45, 7) is 0. The van der Waals surface area contributed by atoms with Crippen molar-refractivity contribution in [2.24, 2.45) is 0 Å². The molecule has 1 aliphatic carbocycles. The van der Waals surface area contributed by atoms with Gasteiger partial charge in [-0.1, -0.05) is 231 Å². The Labute approximate surface area is 389 Å². The number of rotatable bonds is 9. The fraction of sp³-hybridized carbons (Fsp3) is 0.0161. The van der Waals surface area contributed by atoms with Crippen LogP contribution < -0.4 is 0 Å². The van der Waals surface area contributed by atoms with Gasteiger partial charge in [0.05, 0.1) is 16.8 Å². The first-order valence-corrected chi connectivity index (χ1v) is 22.6. The molecule has 0 amide bonds. The van der Waals surface area contributed by atoms with Crippen LogP contribution in [0.25, 0.3) is 90.3 Å². The van der Waals surface area contributed by atoms with Gasteiger partial charge in [0.15, 0.2) is 23.3 Å². The van der Waals surface area contributed by atoms with Crippen molar-refractivity contribution in [3.05, 3.63) is 271 Å². The molecule has 0 fully saturated rings. The smallest absolute Gasteiger partial charge is 0.164 e. The van der Waals surface area contributed by atoms with Gasteiger partial charge in [0.1, 0.15) is 0 Å². The lowest BCUT2D eigenvalue weighted by molar-refractivity contribution is 0.769. The molecule has 0 atom stereocenters. The predicted octanol–water partition coefficient (Wildman–Crippen LogP) is 14.7. The van der Waals surface area contributed by atoms with E-state index in [4.69, 9.17) is 24.9 Å². The topological polar surface area (TPSA) is 64.5 Å². The van der Waals surface area contributed by atoms with Crippen LogP contribution in [0.4, 0.5) is 0 Å². The van der Waals surface area contributed by atoms with Crippen molar-refractivity contribution < 1.29 is 0 Å². The molecule has 0 aliphatic heterocycles. The number of hydrogen-bond acceptors (Lipinski definition) is 5. The van der Waals surface area contributed by atoms with Crippen LogP contribution in [0.5, 0.6) is 0 Å². The summed E-state index contributed by atoms with van der Waals surface area (Å²) < 4.78 is 0. The normalized spacial score (nSPS) is 12.3. The molecule has 0 radical (unpaired) electrons. The second kappa shape index (κ2) is 16.9. The minimum Gasteiger partial charge on any atom is -0.228 e. The van der Waals surface area contributed by atoms with Crippen LogP contribution in [0.2, 0.25) is 0 Å². The van der Waals surface area contributed by atoms with E-state index in [1.165, 1.54) is 33.4 Å². The minimum atomic E-state index is -0.601. The molecule has 5 nitrogen and oxygen atoms in total. The van der Waals surface area contributed by atoms with E-state index in [1.807, 2.05) is 78.9 Å². The van der Waals surface area contributed by atoms with Gasteiger partial charge in [-0.05, 0) is 62.7 Å². The maximum atomic E-state index is 5.45. The van der Waals surface area contributed by atoms with Gasteiger partial charge in [-0.15, -0.1) is 0 Å². The van der Waals surface area contributed by atoms with Crippen molar-refractivity contribution in [3.8, 4) is 90.3 Å². The van der Waals surface area contributed by atoms with Crippen LogP contribution >= 0.6 is 0 Å². The number of aromatic nitrogens is 5. The van der Waals surface area contributed by atoms with E-state index >= 15 is 0 Å². The summed E-state index contributed by atoms with van der Waals surface area (Å²) in [4.78, 5) is 25.7. The standard InChI is InChI=1S/C62H41N5/c1-6-21-42(22-7-1)58-63-55(41-56(64-58)53-37-20-36-52-51-35-16-17-38-54(51)62(57(52)53,49-31-12-4-13-32-49)50-33-14-5-15-34-50)47-29-18-27-45(39-47)46-28-19-30-48(40-46)61-66-59(43-23-8-2-9-24-43)65-60(67-61)44-25-10-3-11-26-44/h1-41H. The maximum Gasteiger partial charge on any atom is 0.164 e. The van der Waals surface area contributed by atoms with Gasteiger partial charge >= 0.3 is 0 Å². The number of nitrogens with zero attached hydrogens (tertiary/aromatic N) is 5. The third kappa shape index (κ3) is 7.11. The van der Waals surface area contributed by atoms with Crippen LogP contribution in [0.3, 0.4) is 0 Å². The highest BCUT2D eigenvalue weighted by Gasteiger charge is 2.47. The first kappa shape index (κ1) is 39.6. The van der Waals surface area contributed by atoms with Crippen LogP contribution in [0, 0.1) is 0 Å². The van der Waals surface area contributed by atoms with Gasteiger partial charge in [-0.3, -0.25) is 0 Å². The number of benzene rings is 9. The summed E-state index contributed by atoms with van der Waals surface area (Å²) in [7, 11) is 0. The largest absolute Gasteiger partial charge is 0.228 e. The Morgan fingerprint density at radius 1 is 0.239 bits per heavy atom. The molecule has 0 N–H and O–H groups in total. The number of fused-ring (bicyclic) bond motifs is 3. The molecule has 314 valence electrons. The van der Waals surface area contributed by atoms with Gasteiger partial charge in [0, 0.05) is 33.4 Å². The molecule has 0 spiro atoms. The second-order valence-electron chi connectivity index (χ2n) is 16.8. The Bertz CT molecular complexity index is 3460. The Morgan fingerprint density at radius 3 is 1.18 bits per heavy atom. The molecule has 9 aromatic carbocycles. The third-order valence-electron chi connectivity index (χ3n) is 12.8. The molecule has 0 saturated heterocycles. The summed E-state index contributed by atoms with van der Waals surface area (Å²) in [5.41, 5.74) is 16.2. The lowest BCUT2D eigenvalue weighted by atomic mass is 9.66. The van der Waals surface area contributed by atoms with Crippen LogP contribution in [0.15, 0.2) is 249 Å². The average molecular weight is 856 g/mol. The highest BCUT2D eigenvalue weighted by molar-refractivity contribution is 5.93. The van der Waals surface area contributed by atoms with E-state index in [1.54, 1.807) is 0 Å². The van der Waals surface area contributed by atoms with Gasteiger partial charge in [0.2, 0.25) is 0 Å². The van der Waals surface area contributed by atoms with Crippen LogP contribution in [0.1, 0.15) is 22.3 Å². The minimum absolute atomic E-state index is 0.601. The number of hydrogen-bond donors (Lipinski definition) is 0. The van der Waals surface area contributed by atoms with Crippen molar-refractivity contribution >= 4 is 0 Å². The average Bonchev–Trinajstić information content (AvgIpc) is 3.73. The summed E-state index contributed by atoms with van der Waals surface area (Å²) in [6.07, 6.45) is 0. The third-order valence-corrected chi connectivity index (χ3v) is 12.8. The summed E-state index contributed by atoms with van der Waals surface area (Å²) in [5, 5.41) is 0. The van der Waals surface area contributed by atoms with E-state index in [-0.39, 0.29) is 0 Å². The summed E-state index contributed by atoms with van der Waals surface area (Å²) in [6, 6.07) is 87.1. The first-order valence-electron chi connectivity index (χ1n) is 22.6. The van der Waals surface area contributed by atoms with Crippen molar-refractivity contribution in [2.75, 3.05) is 0 Å². The zero-order chi connectivity index (χ0) is 44.6. The molecule has 5 heteroatoms. The molecule has 67 heavy (non-hydrogen) atoms. The molecule has 0 unspecified atom stereocenters. The highest BCUT2D eigenvalue weighted by Crippen LogP contribution is 2.58. The lowest BCUT2D eigenvalue weighted by Gasteiger charge is -2.35. The van der Waals surface area contributed by atoms with Crippen molar-refractivity contribution in [2.45, 2.75) is 5.41 Å². The highest BCUT2D eigenvalue weighted by atomic mass is 15.0. The molecule has 11 aromatic rings. The molecular weight excluding hydrogens is 815 g/mol. The lowest BCUT2D eigenvalue weighted by Crippen LogP contribution is -2.29. The van der Waals surface area contributed by atoms with Crippen molar-refractivity contribution in [1.82, 2.24) is 24.9 Å². The van der Waals surface area contributed by atoms with Gasteiger partial charge in [-0.25, -0.2) is 24.9 Å². The molecule has 0 saturated carbocycles. The Hall–Kier alpha value is -8.93. The van der Waals surface area contributed by atoms with E-state index in [0.29, 0.717) is 23.3 Å². The van der Waals surface area contributed by atoms with Crippen LogP contribution in [-0.2, 0) is 5.41 Å². The van der Waals surface area contributed by atoms with E-state index in [2.05, 4.69) is 170 Å². The van der Waals surface area contributed by atoms with Gasteiger partial charge < -0.3 is 0 Å². The van der Waals surface area contributed by atoms with Gasteiger partial charge in [-0.2, -0.15) is 0 Å². The van der Waals surface area contributed by atoms with Crippen LogP contribution in [-0.4, -0.2) is 24.9 Å². The van der Waals surface area contributed by atoms with E-state index < -0.39 is 5.41 Å². The quantitative estimate of drug-likeness (QED) is 0.145. The Kier molecular flexibility index (Phi) is 9.99. The Morgan fingerprint density at radius 2 is 0.612 bits per heavy atom. The predicted molar refractivity (Wildman–Crippen MR) is 271 cm³/mol. The van der Waals surface area contributed by atoms with Gasteiger partial charge in [0.25, 0.3) is 0 Å². The fourth-order valence-electron chi connectivity index (χ4n) is 9.80. The molecule has 1 aliphatic rings.